The summed E-state index contributed by atoms with van der Waals surface area (Å²) in [7, 11) is 1.12. The number of anilines is 1. The Morgan fingerprint density at radius 2 is 1.71 bits per heavy atom. The molecule has 4 nitrogen and oxygen atoms in total. The van der Waals surface area contributed by atoms with Crippen LogP contribution in [0.4, 0.5) is 18.9 Å². The molecule has 0 saturated heterocycles. The topological polar surface area (TPSA) is 55.4 Å². The summed E-state index contributed by atoms with van der Waals surface area (Å²) >= 11 is 0. The average Bonchev–Trinajstić information content (AvgIpc) is 2.65. The standard InChI is InChI=1S/C21H20F3NO3/c1-13(2)15-9-7-14(8-10-15)11-18(20(27)28-3)19(26)25-17-6-4-5-16(12-17)21(22,23)24/h4-13H,1-3H3,(H,25,26)/b18-11+. The Labute approximate surface area is 161 Å². The summed E-state index contributed by atoms with van der Waals surface area (Å²) in [4.78, 5) is 24.5. The Morgan fingerprint density at radius 1 is 1.07 bits per heavy atom. The van der Waals surface area contributed by atoms with Crippen LogP contribution < -0.4 is 5.32 Å². The van der Waals surface area contributed by atoms with Crippen LogP contribution in [0.25, 0.3) is 6.08 Å². The molecule has 0 aliphatic heterocycles. The van der Waals surface area contributed by atoms with Crippen molar-refractivity contribution in [3.63, 3.8) is 0 Å². The van der Waals surface area contributed by atoms with Crippen LogP contribution in [0.2, 0.25) is 0 Å². The van der Waals surface area contributed by atoms with E-state index in [-0.39, 0.29) is 11.3 Å². The van der Waals surface area contributed by atoms with Crippen molar-refractivity contribution in [3.05, 3.63) is 70.8 Å². The van der Waals surface area contributed by atoms with Gasteiger partial charge >= 0.3 is 12.1 Å². The number of methoxy groups -OCH3 is 1. The van der Waals surface area contributed by atoms with Crippen molar-refractivity contribution in [1.29, 1.82) is 0 Å². The Morgan fingerprint density at radius 3 is 2.25 bits per heavy atom. The first-order valence-corrected chi connectivity index (χ1v) is 8.50. The minimum Gasteiger partial charge on any atom is -0.465 e. The van der Waals surface area contributed by atoms with Gasteiger partial charge in [-0.15, -0.1) is 0 Å². The fourth-order valence-electron chi connectivity index (χ4n) is 2.44. The van der Waals surface area contributed by atoms with E-state index in [1.807, 2.05) is 26.0 Å². The van der Waals surface area contributed by atoms with Gasteiger partial charge < -0.3 is 10.1 Å². The second-order valence-corrected chi connectivity index (χ2v) is 6.40. The summed E-state index contributed by atoms with van der Waals surface area (Å²) in [5.74, 6) is -1.43. The van der Waals surface area contributed by atoms with Gasteiger partial charge in [0.2, 0.25) is 0 Å². The quantitative estimate of drug-likeness (QED) is 0.337. The van der Waals surface area contributed by atoms with Crippen LogP contribution in [-0.2, 0) is 20.5 Å². The smallest absolute Gasteiger partial charge is 0.416 e. The third kappa shape index (κ3) is 5.45. The number of alkyl halides is 3. The Hall–Kier alpha value is -3.09. The second kappa shape index (κ2) is 8.73. The third-order valence-electron chi connectivity index (χ3n) is 4.01. The Kier molecular flexibility index (Phi) is 6.62. The summed E-state index contributed by atoms with van der Waals surface area (Å²) < 4.78 is 43.1. The number of ether oxygens (including phenoxy) is 1. The number of hydrogen-bond donors (Lipinski definition) is 1. The van der Waals surface area contributed by atoms with Gasteiger partial charge in [0.25, 0.3) is 5.91 Å². The van der Waals surface area contributed by atoms with Gasteiger partial charge in [0, 0.05) is 5.69 Å². The second-order valence-electron chi connectivity index (χ2n) is 6.40. The molecule has 2 aromatic rings. The van der Waals surface area contributed by atoms with Crippen LogP contribution in [-0.4, -0.2) is 19.0 Å². The molecule has 0 unspecified atom stereocenters. The summed E-state index contributed by atoms with van der Waals surface area (Å²) in [6.07, 6.45) is -3.21. The molecule has 2 aromatic carbocycles. The number of carbonyl (C=O) groups is 2. The zero-order chi connectivity index (χ0) is 20.9. The van der Waals surface area contributed by atoms with E-state index in [0.717, 1.165) is 24.8 Å². The van der Waals surface area contributed by atoms with Crippen LogP contribution >= 0.6 is 0 Å². The molecule has 0 bridgehead atoms. The highest BCUT2D eigenvalue weighted by Crippen LogP contribution is 2.30. The molecule has 0 saturated carbocycles. The molecular formula is C21H20F3NO3. The maximum absolute atomic E-state index is 12.8. The number of amides is 1. The molecule has 0 atom stereocenters. The lowest BCUT2D eigenvalue weighted by atomic mass is 10.0. The number of benzene rings is 2. The zero-order valence-corrected chi connectivity index (χ0v) is 15.6. The normalized spacial score (nSPS) is 12.0. The molecule has 0 aliphatic carbocycles. The number of hydrogen-bond acceptors (Lipinski definition) is 3. The van der Waals surface area contributed by atoms with E-state index in [0.29, 0.717) is 11.5 Å². The van der Waals surface area contributed by atoms with E-state index in [1.165, 1.54) is 18.2 Å². The van der Waals surface area contributed by atoms with E-state index >= 15 is 0 Å². The minimum absolute atomic E-state index is 0.0789. The number of rotatable bonds is 5. The van der Waals surface area contributed by atoms with Crippen molar-refractivity contribution in [1.82, 2.24) is 0 Å². The SMILES string of the molecule is COC(=O)/C(=C/c1ccc(C(C)C)cc1)C(=O)Nc1cccc(C(F)(F)F)c1. The first-order valence-electron chi connectivity index (χ1n) is 8.50. The Balaban J connectivity index is 2.30. The lowest BCUT2D eigenvalue weighted by Gasteiger charge is -2.11. The summed E-state index contributed by atoms with van der Waals surface area (Å²) in [5.41, 5.74) is 0.370. The Bertz CT molecular complexity index is 885. The number of esters is 1. The minimum atomic E-state index is -4.54. The molecular weight excluding hydrogens is 371 g/mol. The third-order valence-corrected chi connectivity index (χ3v) is 4.01. The predicted molar refractivity (Wildman–Crippen MR) is 101 cm³/mol. The first-order chi connectivity index (χ1) is 13.1. The lowest BCUT2D eigenvalue weighted by molar-refractivity contribution is -0.138. The molecule has 0 radical (unpaired) electrons. The van der Waals surface area contributed by atoms with Gasteiger partial charge in [0.1, 0.15) is 5.57 Å². The van der Waals surface area contributed by atoms with Crippen molar-refractivity contribution >= 4 is 23.6 Å². The van der Waals surface area contributed by atoms with Crippen LogP contribution in [0.3, 0.4) is 0 Å². The van der Waals surface area contributed by atoms with E-state index in [9.17, 15) is 22.8 Å². The average molecular weight is 391 g/mol. The molecule has 1 amide bonds. The molecule has 0 spiro atoms. The van der Waals surface area contributed by atoms with Gasteiger partial charge in [0.15, 0.2) is 0 Å². The molecule has 2 rings (SSSR count). The highest BCUT2D eigenvalue weighted by molar-refractivity contribution is 6.24. The van der Waals surface area contributed by atoms with Crippen molar-refractivity contribution in [3.8, 4) is 0 Å². The maximum Gasteiger partial charge on any atom is 0.416 e. The highest BCUT2D eigenvalue weighted by Gasteiger charge is 2.30. The van der Waals surface area contributed by atoms with Crippen molar-refractivity contribution < 1.29 is 27.5 Å². The molecule has 7 heteroatoms. The van der Waals surface area contributed by atoms with Crippen molar-refractivity contribution in [2.45, 2.75) is 25.9 Å². The van der Waals surface area contributed by atoms with Gasteiger partial charge in [-0.2, -0.15) is 13.2 Å². The summed E-state index contributed by atoms with van der Waals surface area (Å²) in [6.45, 7) is 4.07. The molecule has 1 N–H and O–H groups in total. The molecule has 0 heterocycles. The van der Waals surface area contributed by atoms with E-state index < -0.39 is 23.6 Å². The molecule has 0 fully saturated rings. The predicted octanol–water partition coefficient (Wildman–Crippen LogP) is 5.02. The van der Waals surface area contributed by atoms with Gasteiger partial charge in [0.05, 0.1) is 12.7 Å². The number of halogens is 3. The van der Waals surface area contributed by atoms with Gasteiger partial charge in [-0.25, -0.2) is 4.79 Å². The molecule has 148 valence electrons. The first kappa shape index (κ1) is 21.2. The number of carbonyl (C=O) groups excluding carboxylic acids is 2. The van der Waals surface area contributed by atoms with Gasteiger partial charge in [-0.3, -0.25) is 4.79 Å². The maximum atomic E-state index is 12.8. The fraction of sp³-hybridized carbons (Fsp3) is 0.238. The summed E-state index contributed by atoms with van der Waals surface area (Å²) in [5, 5.41) is 2.31. The van der Waals surface area contributed by atoms with Crippen molar-refractivity contribution in [2.24, 2.45) is 0 Å². The van der Waals surface area contributed by atoms with E-state index in [4.69, 9.17) is 0 Å². The van der Waals surface area contributed by atoms with Crippen molar-refractivity contribution in [2.75, 3.05) is 12.4 Å². The lowest BCUT2D eigenvalue weighted by Crippen LogP contribution is -2.21. The zero-order valence-electron chi connectivity index (χ0n) is 15.6. The van der Waals surface area contributed by atoms with Gasteiger partial charge in [-0.05, 0) is 41.3 Å². The van der Waals surface area contributed by atoms with Crippen LogP contribution in [0.1, 0.15) is 36.5 Å². The van der Waals surface area contributed by atoms with E-state index in [1.54, 1.807) is 12.1 Å². The fourth-order valence-corrected chi connectivity index (χ4v) is 2.44. The van der Waals surface area contributed by atoms with Gasteiger partial charge in [-0.1, -0.05) is 44.2 Å². The van der Waals surface area contributed by atoms with Crippen LogP contribution in [0.15, 0.2) is 54.1 Å². The highest BCUT2D eigenvalue weighted by atomic mass is 19.4. The van der Waals surface area contributed by atoms with Crippen LogP contribution in [0, 0.1) is 0 Å². The number of nitrogens with one attached hydrogen (secondary N) is 1. The van der Waals surface area contributed by atoms with E-state index in [2.05, 4.69) is 10.1 Å². The molecule has 0 aliphatic rings. The monoisotopic (exact) mass is 391 g/mol. The molecule has 0 aromatic heterocycles. The molecule has 28 heavy (non-hydrogen) atoms. The summed E-state index contributed by atoms with van der Waals surface area (Å²) in [6, 6.07) is 11.4. The largest absolute Gasteiger partial charge is 0.465 e. The van der Waals surface area contributed by atoms with Crippen LogP contribution in [0.5, 0.6) is 0 Å².